The van der Waals surface area contributed by atoms with Crippen LogP contribution in [0.2, 0.25) is 0 Å². The van der Waals surface area contributed by atoms with Crippen molar-refractivity contribution in [3.63, 3.8) is 0 Å². The minimum atomic E-state index is -0.382. The van der Waals surface area contributed by atoms with E-state index in [9.17, 15) is 4.79 Å². The first-order chi connectivity index (χ1) is 11.7. The molecular formula is C19H20N2O3. The van der Waals surface area contributed by atoms with E-state index in [1.54, 1.807) is 0 Å². The van der Waals surface area contributed by atoms with E-state index in [0.717, 1.165) is 33.7 Å². The Balaban J connectivity index is 1.83. The molecule has 1 aliphatic heterocycles. The number of para-hydroxylation sites is 1. The van der Waals surface area contributed by atoms with Crippen molar-refractivity contribution in [2.24, 2.45) is 0 Å². The van der Waals surface area contributed by atoms with Crippen molar-refractivity contribution in [2.45, 2.75) is 32.4 Å². The molecule has 5 nitrogen and oxygen atoms in total. The van der Waals surface area contributed by atoms with Crippen LogP contribution in [0.1, 0.15) is 35.7 Å². The molecule has 24 heavy (non-hydrogen) atoms. The third-order valence-electron chi connectivity index (χ3n) is 4.53. The number of ether oxygens (including phenoxy) is 1. The maximum atomic E-state index is 12.3. The SMILES string of the molecule is CCOC(=O)C1Cc2c([nH]c3ccccc23)C(c2ccc(C)o2)N1. The Kier molecular flexibility index (Phi) is 3.65. The van der Waals surface area contributed by atoms with Gasteiger partial charge in [0, 0.05) is 23.0 Å². The lowest BCUT2D eigenvalue weighted by Crippen LogP contribution is -2.45. The molecule has 2 N–H and O–H groups in total. The summed E-state index contributed by atoms with van der Waals surface area (Å²) in [5, 5.41) is 4.53. The first-order valence-corrected chi connectivity index (χ1v) is 8.26. The van der Waals surface area contributed by atoms with Crippen molar-refractivity contribution < 1.29 is 13.9 Å². The first-order valence-electron chi connectivity index (χ1n) is 8.26. The van der Waals surface area contributed by atoms with Gasteiger partial charge in [0.2, 0.25) is 0 Å². The minimum Gasteiger partial charge on any atom is -0.465 e. The van der Waals surface area contributed by atoms with Crippen molar-refractivity contribution in [3.8, 4) is 0 Å². The summed E-state index contributed by atoms with van der Waals surface area (Å²) in [5.74, 6) is 1.43. The zero-order chi connectivity index (χ0) is 16.7. The average molecular weight is 324 g/mol. The number of furan rings is 1. The predicted molar refractivity (Wildman–Crippen MR) is 90.8 cm³/mol. The van der Waals surface area contributed by atoms with Gasteiger partial charge in [0.15, 0.2) is 0 Å². The molecule has 0 spiro atoms. The lowest BCUT2D eigenvalue weighted by molar-refractivity contribution is -0.146. The number of carbonyl (C=O) groups excluding carboxylic acids is 1. The molecule has 4 rings (SSSR count). The van der Waals surface area contributed by atoms with Crippen molar-refractivity contribution in [1.82, 2.24) is 10.3 Å². The molecule has 0 amide bonds. The van der Waals surface area contributed by atoms with Gasteiger partial charge in [-0.05, 0) is 37.6 Å². The number of aromatic nitrogens is 1. The predicted octanol–water partition coefficient (Wildman–Crippen LogP) is 3.24. The second kappa shape index (κ2) is 5.83. The maximum absolute atomic E-state index is 12.3. The molecule has 124 valence electrons. The maximum Gasteiger partial charge on any atom is 0.323 e. The van der Waals surface area contributed by atoms with Gasteiger partial charge in [-0.25, -0.2) is 0 Å². The third kappa shape index (κ3) is 2.41. The number of fused-ring (bicyclic) bond motifs is 3. The van der Waals surface area contributed by atoms with Gasteiger partial charge in [-0.1, -0.05) is 18.2 Å². The Hall–Kier alpha value is -2.53. The fourth-order valence-electron chi connectivity index (χ4n) is 3.46. The summed E-state index contributed by atoms with van der Waals surface area (Å²) in [4.78, 5) is 15.8. The quantitative estimate of drug-likeness (QED) is 0.726. The number of carbonyl (C=O) groups is 1. The van der Waals surface area contributed by atoms with Gasteiger partial charge in [0.05, 0.1) is 6.61 Å². The number of rotatable bonds is 3. The van der Waals surface area contributed by atoms with Crippen LogP contribution in [0.5, 0.6) is 0 Å². The third-order valence-corrected chi connectivity index (χ3v) is 4.53. The normalized spacial score (nSPS) is 20.1. The molecule has 0 saturated heterocycles. The van der Waals surface area contributed by atoms with Gasteiger partial charge < -0.3 is 14.1 Å². The molecule has 0 aliphatic carbocycles. The molecule has 5 heteroatoms. The zero-order valence-corrected chi connectivity index (χ0v) is 13.8. The van der Waals surface area contributed by atoms with Gasteiger partial charge >= 0.3 is 5.97 Å². The van der Waals surface area contributed by atoms with Gasteiger partial charge in [0.1, 0.15) is 23.6 Å². The molecule has 3 aromatic rings. The highest BCUT2D eigenvalue weighted by Gasteiger charge is 2.35. The molecule has 1 aromatic carbocycles. The van der Waals surface area contributed by atoms with Crippen LogP contribution >= 0.6 is 0 Å². The van der Waals surface area contributed by atoms with Crippen LogP contribution in [0.15, 0.2) is 40.8 Å². The van der Waals surface area contributed by atoms with Crippen LogP contribution in [0.25, 0.3) is 10.9 Å². The molecule has 0 fully saturated rings. The molecule has 3 heterocycles. The van der Waals surface area contributed by atoms with Crippen LogP contribution in [0.3, 0.4) is 0 Å². The van der Waals surface area contributed by atoms with Crippen molar-refractivity contribution >= 4 is 16.9 Å². The summed E-state index contributed by atoms with van der Waals surface area (Å²) in [6.45, 7) is 4.12. The van der Waals surface area contributed by atoms with Crippen molar-refractivity contribution in [1.29, 1.82) is 0 Å². The molecule has 1 aliphatic rings. The number of aromatic amines is 1. The largest absolute Gasteiger partial charge is 0.465 e. The molecular weight excluding hydrogens is 304 g/mol. The van der Waals surface area contributed by atoms with E-state index in [4.69, 9.17) is 9.15 Å². The summed E-state index contributed by atoms with van der Waals surface area (Å²) < 4.78 is 11.1. The average Bonchev–Trinajstić information content (AvgIpc) is 3.17. The Morgan fingerprint density at radius 2 is 2.12 bits per heavy atom. The van der Waals surface area contributed by atoms with E-state index in [1.165, 1.54) is 0 Å². The number of aryl methyl sites for hydroxylation is 1. The van der Waals surface area contributed by atoms with Crippen molar-refractivity contribution in [3.05, 3.63) is 59.2 Å². The topological polar surface area (TPSA) is 67.3 Å². The van der Waals surface area contributed by atoms with E-state index in [2.05, 4.69) is 22.4 Å². The lowest BCUT2D eigenvalue weighted by atomic mass is 9.93. The van der Waals surface area contributed by atoms with E-state index >= 15 is 0 Å². The van der Waals surface area contributed by atoms with Crippen molar-refractivity contribution in [2.75, 3.05) is 6.61 Å². The number of benzene rings is 1. The van der Waals surface area contributed by atoms with Gasteiger partial charge in [-0.15, -0.1) is 0 Å². The monoisotopic (exact) mass is 324 g/mol. The molecule has 0 radical (unpaired) electrons. The number of H-pyrrole nitrogens is 1. The summed E-state index contributed by atoms with van der Waals surface area (Å²) in [6.07, 6.45) is 0.606. The van der Waals surface area contributed by atoms with E-state index in [1.807, 2.05) is 38.1 Å². The summed E-state index contributed by atoms with van der Waals surface area (Å²) >= 11 is 0. The summed E-state index contributed by atoms with van der Waals surface area (Å²) in [6, 6.07) is 11.5. The number of esters is 1. The summed E-state index contributed by atoms with van der Waals surface area (Å²) in [7, 11) is 0. The minimum absolute atomic E-state index is 0.191. The second-order valence-corrected chi connectivity index (χ2v) is 6.12. The van der Waals surface area contributed by atoms with Gasteiger partial charge in [-0.3, -0.25) is 10.1 Å². The zero-order valence-electron chi connectivity index (χ0n) is 13.8. The van der Waals surface area contributed by atoms with Gasteiger partial charge in [0.25, 0.3) is 0 Å². The highest BCUT2D eigenvalue weighted by molar-refractivity contribution is 5.87. The Labute approximate surface area is 140 Å². The van der Waals surface area contributed by atoms with E-state index < -0.39 is 0 Å². The van der Waals surface area contributed by atoms with Crippen LogP contribution in [0, 0.1) is 6.92 Å². The van der Waals surface area contributed by atoms with Crippen LogP contribution in [-0.2, 0) is 16.0 Å². The molecule has 0 bridgehead atoms. The fraction of sp³-hybridized carbons (Fsp3) is 0.316. The molecule has 0 saturated carbocycles. The van der Waals surface area contributed by atoms with Gasteiger partial charge in [-0.2, -0.15) is 0 Å². The highest BCUT2D eigenvalue weighted by Crippen LogP contribution is 2.35. The Bertz CT molecular complexity index is 893. The lowest BCUT2D eigenvalue weighted by Gasteiger charge is -2.29. The molecule has 2 unspecified atom stereocenters. The van der Waals surface area contributed by atoms with Crippen LogP contribution in [-0.4, -0.2) is 23.6 Å². The van der Waals surface area contributed by atoms with Crippen LogP contribution < -0.4 is 5.32 Å². The Morgan fingerprint density at radius 3 is 2.88 bits per heavy atom. The Morgan fingerprint density at radius 1 is 1.29 bits per heavy atom. The number of nitrogens with one attached hydrogen (secondary N) is 2. The standard InChI is InChI=1S/C19H20N2O3/c1-3-23-19(22)15-10-13-12-6-4-5-7-14(12)20-17(13)18(21-15)16-9-8-11(2)24-16/h4-9,15,18,20-21H,3,10H2,1-2H3. The smallest absolute Gasteiger partial charge is 0.323 e. The highest BCUT2D eigenvalue weighted by atomic mass is 16.5. The fourth-order valence-corrected chi connectivity index (χ4v) is 3.46. The number of hydrogen-bond acceptors (Lipinski definition) is 4. The molecule has 2 aromatic heterocycles. The van der Waals surface area contributed by atoms with Crippen LogP contribution in [0.4, 0.5) is 0 Å². The van der Waals surface area contributed by atoms with E-state index in [0.29, 0.717) is 13.0 Å². The summed E-state index contributed by atoms with van der Waals surface area (Å²) in [5.41, 5.74) is 3.29. The molecule has 2 atom stereocenters. The van der Waals surface area contributed by atoms with E-state index in [-0.39, 0.29) is 18.1 Å². The number of hydrogen-bond donors (Lipinski definition) is 2. The first kappa shape index (κ1) is 15.0. The second-order valence-electron chi connectivity index (χ2n) is 6.12.